The number of aliphatic hydroxyl groups is 1. The highest BCUT2D eigenvalue weighted by atomic mass is 35.5. The van der Waals surface area contributed by atoms with Crippen LogP contribution >= 0.6 is 12.4 Å². The van der Waals surface area contributed by atoms with Gasteiger partial charge in [-0.15, -0.1) is 12.4 Å². The molecule has 1 aliphatic heterocycles. The van der Waals surface area contributed by atoms with E-state index in [1.165, 1.54) is 5.56 Å². The standard InChI is InChI=1S/C14H22N2O2.ClH/c1-10-5-11(3-4-14(10)18-2)6-15-7-12-8-16-9-13(12)17;/h3-5,12-13,15-17H,6-9H2,1-2H3;1H. The fraction of sp³-hybridized carbons (Fsp3) is 0.571. The van der Waals surface area contributed by atoms with Crippen LogP contribution < -0.4 is 15.4 Å². The van der Waals surface area contributed by atoms with Crippen molar-refractivity contribution in [2.24, 2.45) is 5.92 Å². The smallest absolute Gasteiger partial charge is 0.121 e. The fourth-order valence-electron chi connectivity index (χ4n) is 2.38. The van der Waals surface area contributed by atoms with Crippen LogP contribution in [0.3, 0.4) is 0 Å². The summed E-state index contributed by atoms with van der Waals surface area (Å²) in [5.41, 5.74) is 2.40. The second kappa shape index (κ2) is 7.70. The average Bonchev–Trinajstić information content (AvgIpc) is 2.75. The molecule has 0 amide bonds. The van der Waals surface area contributed by atoms with Gasteiger partial charge in [-0.1, -0.05) is 12.1 Å². The molecular weight excluding hydrogens is 264 g/mol. The maximum Gasteiger partial charge on any atom is 0.121 e. The lowest BCUT2D eigenvalue weighted by molar-refractivity contribution is 0.146. The summed E-state index contributed by atoms with van der Waals surface area (Å²) >= 11 is 0. The highest BCUT2D eigenvalue weighted by molar-refractivity contribution is 5.85. The molecule has 0 radical (unpaired) electrons. The fourth-order valence-corrected chi connectivity index (χ4v) is 2.38. The maximum absolute atomic E-state index is 9.68. The molecule has 0 bridgehead atoms. The number of halogens is 1. The van der Waals surface area contributed by atoms with Crippen molar-refractivity contribution in [1.82, 2.24) is 10.6 Å². The summed E-state index contributed by atoms with van der Waals surface area (Å²) < 4.78 is 5.24. The molecule has 0 saturated carbocycles. The van der Waals surface area contributed by atoms with Crippen LogP contribution in [-0.2, 0) is 6.54 Å². The first kappa shape index (κ1) is 16.2. The third-order valence-electron chi connectivity index (χ3n) is 3.50. The predicted octanol–water partition coefficient (Wildman–Crippen LogP) is 1.10. The number of benzene rings is 1. The minimum atomic E-state index is -0.213. The van der Waals surface area contributed by atoms with Gasteiger partial charge < -0.3 is 20.5 Å². The Hall–Kier alpha value is -0.810. The van der Waals surface area contributed by atoms with E-state index < -0.39 is 0 Å². The Morgan fingerprint density at radius 2 is 2.21 bits per heavy atom. The minimum Gasteiger partial charge on any atom is -0.496 e. The summed E-state index contributed by atoms with van der Waals surface area (Å²) in [5.74, 6) is 1.25. The second-order valence-corrected chi connectivity index (χ2v) is 4.92. The van der Waals surface area contributed by atoms with Gasteiger partial charge in [0, 0.05) is 32.1 Å². The molecule has 1 aromatic rings. The summed E-state index contributed by atoms with van der Waals surface area (Å²) in [4.78, 5) is 0. The summed E-state index contributed by atoms with van der Waals surface area (Å²) in [6, 6.07) is 6.20. The third kappa shape index (κ3) is 4.35. The van der Waals surface area contributed by atoms with E-state index in [1.807, 2.05) is 13.0 Å². The second-order valence-electron chi connectivity index (χ2n) is 4.92. The number of rotatable bonds is 5. The zero-order valence-electron chi connectivity index (χ0n) is 11.5. The largest absolute Gasteiger partial charge is 0.496 e. The van der Waals surface area contributed by atoms with Gasteiger partial charge in [0.15, 0.2) is 0 Å². The quantitative estimate of drug-likeness (QED) is 0.759. The maximum atomic E-state index is 9.68. The molecule has 1 aliphatic rings. The molecule has 1 heterocycles. The van der Waals surface area contributed by atoms with Gasteiger partial charge in [0.2, 0.25) is 0 Å². The van der Waals surface area contributed by atoms with Crippen molar-refractivity contribution in [1.29, 1.82) is 0 Å². The van der Waals surface area contributed by atoms with Crippen LogP contribution in [0.4, 0.5) is 0 Å². The van der Waals surface area contributed by atoms with Crippen molar-refractivity contribution in [3.8, 4) is 5.75 Å². The van der Waals surface area contributed by atoms with E-state index in [0.29, 0.717) is 12.5 Å². The molecule has 3 N–H and O–H groups in total. The number of hydrogen-bond acceptors (Lipinski definition) is 4. The lowest BCUT2D eigenvalue weighted by atomic mass is 10.1. The summed E-state index contributed by atoms with van der Waals surface area (Å²) in [5, 5.41) is 16.3. The highest BCUT2D eigenvalue weighted by Gasteiger charge is 2.23. The van der Waals surface area contributed by atoms with Gasteiger partial charge in [-0.25, -0.2) is 0 Å². The summed E-state index contributed by atoms with van der Waals surface area (Å²) in [6.45, 7) is 5.34. The van der Waals surface area contributed by atoms with Gasteiger partial charge in [-0.3, -0.25) is 0 Å². The Morgan fingerprint density at radius 3 is 2.79 bits per heavy atom. The van der Waals surface area contributed by atoms with Crippen molar-refractivity contribution < 1.29 is 9.84 Å². The van der Waals surface area contributed by atoms with Crippen LogP contribution in [0, 0.1) is 12.8 Å². The Morgan fingerprint density at radius 1 is 1.42 bits per heavy atom. The zero-order valence-corrected chi connectivity index (χ0v) is 12.3. The molecule has 0 aliphatic carbocycles. The number of nitrogens with one attached hydrogen (secondary N) is 2. The number of ether oxygens (including phenoxy) is 1. The molecular formula is C14H23ClN2O2. The van der Waals surface area contributed by atoms with Crippen LogP contribution in [0.15, 0.2) is 18.2 Å². The molecule has 5 heteroatoms. The third-order valence-corrected chi connectivity index (χ3v) is 3.50. The summed E-state index contributed by atoms with van der Waals surface area (Å²) in [7, 11) is 1.69. The molecule has 2 unspecified atom stereocenters. The number of aryl methyl sites for hydroxylation is 1. The number of aliphatic hydroxyl groups excluding tert-OH is 1. The lowest BCUT2D eigenvalue weighted by Gasteiger charge is -2.14. The van der Waals surface area contributed by atoms with Crippen molar-refractivity contribution in [3.05, 3.63) is 29.3 Å². The minimum absolute atomic E-state index is 0. The molecule has 2 atom stereocenters. The van der Waals surface area contributed by atoms with E-state index in [0.717, 1.165) is 30.9 Å². The van der Waals surface area contributed by atoms with Crippen LogP contribution in [0.5, 0.6) is 5.75 Å². The molecule has 0 aromatic heterocycles. The molecule has 108 valence electrons. The van der Waals surface area contributed by atoms with Crippen molar-refractivity contribution in [3.63, 3.8) is 0 Å². The first-order chi connectivity index (χ1) is 8.70. The van der Waals surface area contributed by atoms with E-state index >= 15 is 0 Å². The van der Waals surface area contributed by atoms with Gasteiger partial charge in [0.25, 0.3) is 0 Å². The lowest BCUT2D eigenvalue weighted by Crippen LogP contribution is -2.30. The summed E-state index contributed by atoms with van der Waals surface area (Å²) in [6.07, 6.45) is -0.213. The number of β-amino-alcohol motifs (C(OH)–C–C–N with tert-alkyl or cyclic N) is 1. The van der Waals surface area contributed by atoms with Crippen molar-refractivity contribution in [2.75, 3.05) is 26.7 Å². The van der Waals surface area contributed by atoms with Crippen LogP contribution in [0.1, 0.15) is 11.1 Å². The van der Waals surface area contributed by atoms with E-state index in [-0.39, 0.29) is 18.5 Å². The Balaban J connectivity index is 0.00000180. The van der Waals surface area contributed by atoms with Crippen LogP contribution in [0.2, 0.25) is 0 Å². The van der Waals surface area contributed by atoms with E-state index in [9.17, 15) is 5.11 Å². The monoisotopic (exact) mass is 286 g/mol. The molecule has 4 nitrogen and oxygen atoms in total. The van der Waals surface area contributed by atoms with Gasteiger partial charge in [-0.2, -0.15) is 0 Å². The van der Waals surface area contributed by atoms with Gasteiger partial charge in [-0.05, 0) is 24.1 Å². The highest BCUT2D eigenvalue weighted by Crippen LogP contribution is 2.18. The topological polar surface area (TPSA) is 53.5 Å². The molecule has 1 aromatic carbocycles. The van der Waals surface area contributed by atoms with E-state index in [2.05, 4.69) is 22.8 Å². The average molecular weight is 287 g/mol. The normalized spacial score (nSPS) is 22.1. The molecule has 0 spiro atoms. The van der Waals surface area contributed by atoms with E-state index in [4.69, 9.17) is 4.74 Å². The first-order valence-electron chi connectivity index (χ1n) is 6.43. The first-order valence-corrected chi connectivity index (χ1v) is 6.43. The Kier molecular flexibility index (Phi) is 6.58. The van der Waals surface area contributed by atoms with Crippen LogP contribution in [0.25, 0.3) is 0 Å². The van der Waals surface area contributed by atoms with Gasteiger partial charge in [0.05, 0.1) is 13.2 Å². The van der Waals surface area contributed by atoms with Crippen LogP contribution in [-0.4, -0.2) is 38.0 Å². The zero-order chi connectivity index (χ0) is 13.0. The molecule has 19 heavy (non-hydrogen) atoms. The number of methoxy groups -OCH3 is 1. The predicted molar refractivity (Wildman–Crippen MR) is 79.1 cm³/mol. The van der Waals surface area contributed by atoms with Crippen molar-refractivity contribution in [2.45, 2.75) is 19.6 Å². The molecule has 1 fully saturated rings. The van der Waals surface area contributed by atoms with Crippen molar-refractivity contribution >= 4 is 12.4 Å². The Labute approximate surface area is 121 Å². The van der Waals surface area contributed by atoms with E-state index in [1.54, 1.807) is 7.11 Å². The molecule has 2 rings (SSSR count). The van der Waals surface area contributed by atoms with Gasteiger partial charge >= 0.3 is 0 Å². The SMILES string of the molecule is COc1ccc(CNCC2CNCC2O)cc1C.Cl. The molecule has 1 saturated heterocycles. The van der Waals surface area contributed by atoms with Gasteiger partial charge in [0.1, 0.15) is 5.75 Å². The Bertz CT molecular complexity index is 401. The number of hydrogen-bond donors (Lipinski definition) is 3.